The monoisotopic (exact) mass is 232 g/mol. The number of aliphatic hydroxyl groups is 3. The fourth-order valence-corrected chi connectivity index (χ4v) is 1.26. The summed E-state index contributed by atoms with van der Waals surface area (Å²) in [6.07, 6.45) is -0.741. The zero-order valence-corrected chi connectivity index (χ0v) is 8.72. The molecule has 1 aromatic heterocycles. The third-order valence-electron chi connectivity index (χ3n) is 2.02. The van der Waals surface area contributed by atoms with E-state index in [1.54, 1.807) is 0 Å². The van der Waals surface area contributed by atoms with E-state index in [4.69, 9.17) is 22.4 Å². The van der Waals surface area contributed by atoms with Crippen molar-refractivity contribution >= 4 is 17.3 Å². The van der Waals surface area contributed by atoms with Crippen molar-refractivity contribution in [3.8, 4) is 0 Å². The zero-order valence-electron chi connectivity index (χ0n) is 7.97. The predicted molar refractivity (Wildman–Crippen MR) is 56.3 cm³/mol. The summed E-state index contributed by atoms with van der Waals surface area (Å²) in [7, 11) is 0. The second kappa shape index (κ2) is 5.27. The average Bonchev–Trinajstić information content (AvgIpc) is 2.21. The van der Waals surface area contributed by atoms with Crippen LogP contribution in [0.1, 0.15) is 18.1 Å². The Morgan fingerprint density at radius 2 is 2.13 bits per heavy atom. The number of aromatic nitrogens is 1. The van der Waals surface area contributed by atoms with E-state index in [-0.39, 0.29) is 23.9 Å². The van der Waals surface area contributed by atoms with Crippen LogP contribution in [-0.4, -0.2) is 33.0 Å². The minimum atomic E-state index is -1.12. The van der Waals surface area contributed by atoms with E-state index in [1.165, 1.54) is 12.3 Å². The van der Waals surface area contributed by atoms with Gasteiger partial charge in [-0.1, -0.05) is 11.6 Å². The molecule has 5 nitrogen and oxygen atoms in total. The number of hydrogen-bond donors (Lipinski definition) is 4. The SMILES string of the molecule is Nc1cc(C(O)C(O)CCO)cnc1Cl. The van der Waals surface area contributed by atoms with Crippen LogP contribution in [0.15, 0.2) is 12.3 Å². The van der Waals surface area contributed by atoms with E-state index in [9.17, 15) is 10.2 Å². The number of rotatable bonds is 4. The molecule has 0 spiro atoms. The summed E-state index contributed by atoms with van der Waals surface area (Å²) in [5, 5.41) is 27.8. The molecule has 1 aromatic rings. The smallest absolute Gasteiger partial charge is 0.151 e. The van der Waals surface area contributed by atoms with Gasteiger partial charge in [-0.25, -0.2) is 4.98 Å². The summed E-state index contributed by atoms with van der Waals surface area (Å²) < 4.78 is 0. The second-order valence-electron chi connectivity index (χ2n) is 3.17. The van der Waals surface area contributed by atoms with Crippen molar-refractivity contribution in [3.05, 3.63) is 23.0 Å². The molecule has 84 valence electrons. The Bertz CT molecular complexity index is 335. The predicted octanol–water partition coefficient (Wildman–Crippen LogP) is 0.0939. The van der Waals surface area contributed by atoms with E-state index in [2.05, 4.69) is 4.98 Å². The molecule has 0 aromatic carbocycles. The van der Waals surface area contributed by atoms with Crippen LogP contribution < -0.4 is 5.73 Å². The molecule has 0 saturated carbocycles. The van der Waals surface area contributed by atoms with Gasteiger partial charge in [-0.05, 0) is 12.5 Å². The van der Waals surface area contributed by atoms with Gasteiger partial charge in [0.1, 0.15) is 6.10 Å². The van der Waals surface area contributed by atoms with E-state index >= 15 is 0 Å². The van der Waals surface area contributed by atoms with Gasteiger partial charge in [0, 0.05) is 18.4 Å². The third-order valence-corrected chi connectivity index (χ3v) is 2.33. The van der Waals surface area contributed by atoms with Crippen LogP contribution >= 0.6 is 11.6 Å². The molecule has 5 N–H and O–H groups in total. The Labute approximate surface area is 92.1 Å². The number of hydrogen-bond acceptors (Lipinski definition) is 5. The second-order valence-corrected chi connectivity index (χ2v) is 3.53. The third kappa shape index (κ3) is 3.04. The van der Waals surface area contributed by atoms with Gasteiger partial charge in [0.2, 0.25) is 0 Å². The van der Waals surface area contributed by atoms with Gasteiger partial charge in [0.05, 0.1) is 11.8 Å². The van der Waals surface area contributed by atoms with Crippen molar-refractivity contribution in [1.82, 2.24) is 4.98 Å². The summed E-state index contributed by atoms with van der Waals surface area (Å²) in [6.45, 7) is -0.200. The number of nitrogen functional groups attached to an aromatic ring is 1. The van der Waals surface area contributed by atoms with Gasteiger partial charge in [0.15, 0.2) is 5.15 Å². The first-order chi connectivity index (χ1) is 7.06. The largest absolute Gasteiger partial charge is 0.396 e. The molecule has 0 radical (unpaired) electrons. The van der Waals surface area contributed by atoms with Crippen LogP contribution in [0.4, 0.5) is 5.69 Å². The van der Waals surface area contributed by atoms with E-state index in [1.807, 2.05) is 0 Å². The quantitative estimate of drug-likeness (QED) is 0.552. The molecule has 15 heavy (non-hydrogen) atoms. The van der Waals surface area contributed by atoms with Crippen LogP contribution in [0.25, 0.3) is 0 Å². The molecule has 0 amide bonds. The molecule has 0 bridgehead atoms. The molecule has 6 heteroatoms. The van der Waals surface area contributed by atoms with Crippen molar-refractivity contribution in [2.45, 2.75) is 18.6 Å². The molecule has 1 rings (SSSR count). The number of pyridine rings is 1. The molecular formula is C9H13ClN2O3. The molecule has 1 heterocycles. The number of aliphatic hydroxyl groups excluding tert-OH is 3. The van der Waals surface area contributed by atoms with Crippen LogP contribution in [0.2, 0.25) is 5.15 Å². The number of anilines is 1. The van der Waals surface area contributed by atoms with Gasteiger partial charge in [-0.3, -0.25) is 0 Å². The van der Waals surface area contributed by atoms with Gasteiger partial charge < -0.3 is 21.1 Å². The Morgan fingerprint density at radius 1 is 1.47 bits per heavy atom. The van der Waals surface area contributed by atoms with Crippen molar-refractivity contribution in [2.24, 2.45) is 0 Å². The number of nitrogens with zero attached hydrogens (tertiary/aromatic N) is 1. The number of nitrogens with two attached hydrogens (primary N) is 1. The summed E-state index contributed by atoms with van der Waals surface area (Å²) in [5.74, 6) is 0. The molecule has 0 aliphatic rings. The number of halogens is 1. The van der Waals surface area contributed by atoms with Crippen molar-refractivity contribution in [3.63, 3.8) is 0 Å². The van der Waals surface area contributed by atoms with Gasteiger partial charge in [0.25, 0.3) is 0 Å². The van der Waals surface area contributed by atoms with Crippen molar-refractivity contribution < 1.29 is 15.3 Å². The summed E-state index contributed by atoms with van der Waals surface area (Å²) in [4.78, 5) is 3.75. The fraction of sp³-hybridized carbons (Fsp3) is 0.444. The Morgan fingerprint density at radius 3 is 2.67 bits per heavy atom. The topological polar surface area (TPSA) is 99.6 Å². The Balaban J connectivity index is 2.81. The minimum absolute atomic E-state index is 0.0870. The first-order valence-corrected chi connectivity index (χ1v) is 4.82. The van der Waals surface area contributed by atoms with Crippen LogP contribution in [0.3, 0.4) is 0 Å². The van der Waals surface area contributed by atoms with Gasteiger partial charge >= 0.3 is 0 Å². The lowest BCUT2D eigenvalue weighted by Gasteiger charge is -2.17. The maximum atomic E-state index is 9.64. The fourth-order valence-electron chi connectivity index (χ4n) is 1.16. The van der Waals surface area contributed by atoms with Crippen LogP contribution in [0.5, 0.6) is 0 Å². The summed E-state index contributed by atoms with van der Waals surface area (Å²) in [6, 6.07) is 1.45. The van der Waals surface area contributed by atoms with Gasteiger partial charge in [-0.2, -0.15) is 0 Å². The summed E-state index contributed by atoms with van der Waals surface area (Å²) >= 11 is 5.61. The highest BCUT2D eigenvalue weighted by Gasteiger charge is 2.18. The lowest BCUT2D eigenvalue weighted by atomic mass is 10.0. The standard InChI is InChI=1S/C9H13ClN2O3/c10-9-6(11)3-5(4-12-9)8(15)7(14)1-2-13/h3-4,7-8,13-15H,1-2,11H2. The van der Waals surface area contributed by atoms with Crippen molar-refractivity contribution in [2.75, 3.05) is 12.3 Å². The van der Waals surface area contributed by atoms with E-state index in [0.717, 1.165) is 0 Å². The highest BCUT2D eigenvalue weighted by atomic mass is 35.5. The average molecular weight is 233 g/mol. The Hall–Kier alpha value is -0.880. The normalized spacial score (nSPS) is 14.9. The van der Waals surface area contributed by atoms with Crippen molar-refractivity contribution in [1.29, 1.82) is 0 Å². The molecule has 0 saturated heterocycles. The summed E-state index contributed by atoms with van der Waals surface area (Å²) in [5.41, 5.74) is 6.11. The lowest BCUT2D eigenvalue weighted by Crippen LogP contribution is -2.19. The molecule has 2 atom stereocenters. The highest BCUT2D eigenvalue weighted by Crippen LogP contribution is 2.23. The van der Waals surface area contributed by atoms with Crippen LogP contribution in [-0.2, 0) is 0 Å². The maximum Gasteiger partial charge on any atom is 0.151 e. The Kier molecular flexibility index (Phi) is 4.28. The van der Waals surface area contributed by atoms with Crippen LogP contribution in [0, 0.1) is 0 Å². The van der Waals surface area contributed by atoms with E-state index < -0.39 is 12.2 Å². The first kappa shape index (κ1) is 12.2. The molecule has 0 aliphatic heterocycles. The highest BCUT2D eigenvalue weighted by molar-refractivity contribution is 6.31. The molecule has 2 unspecified atom stereocenters. The molecule has 0 aliphatic carbocycles. The minimum Gasteiger partial charge on any atom is -0.396 e. The maximum absolute atomic E-state index is 9.64. The van der Waals surface area contributed by atoms with E-state index in [0.29, 0.717) is 5.56 Å². The molecular weight excluding hydrogens is 220 g/mol. The lowest BCUT2D eigenvalue weighted by molar-refractivity contribution is 0.00408. The first-order valence-electron chi connectivity index (χ1n) is 4.44. The molecule has 0 fully saturated rings. The zero-order chi connectivity index (χ0) is 11.4. The van der Waals surface area contributed by atoms with Gasteiger partial charge in [-0.15, -0.1) is 0 Å².